The van der Waals surface area contributed by atoms with Crippen LogP contribution in [0.25, 0.3) is 0 Å². The molecule has 4 heteroatoms. The van der Waals surface area contributed by atoms with Gasteiger partial charge in [-0.2, -0.15) is 0 Å². The van der Waals surface area contributed by atoms with E-state index in [0.717, 1.165) is 0 Å². The molecular weight excluding hydrogens is 156 g/mol. The number of nitrogens with two attached hydrogens (primary N) is 1. The van der Waals surface area contributed by atoms with E-state index < -0.39 is 17.4 Å². The van der Waals surface area contributed by atoms with Gasteiger partial charge < -0.3 is 11.1 Å². The van der Waals surface area contributed by atoms with Crippen molar-refractivity contribution in [1.82, 2.24) is 5.32 Å². The molecule has 0 aromatic carbocycles. The third-order valence-corrected chi connectivity index (χ3v) is 1.81. The van der Waals surface area contributed by atoms with E-state index in [4.69, 9.17) is 5.73 Å². The topological polar surface area (TPSA) is 72.2 Å². The minimum absolute atomic E-state index is 0.436. The minimum atomic E-state index is -0.791. The molecule has 0 unspecified atom stereocenters. The average Bonchev–Trinajstić information content (AvgIpc) is 2.69. The van der Waals surface area contributed by atoms with Crippen molar-refractivity contribution in [3.8, 4) is 11.8 Å². The summed E-state index contributed by atoms with van der Waals surface area (Å²) in [7, 11) is 0. The predicted octanol–water partition coefficient (Wildman–Crippen LogP) is -0.856. The highest BCUT2D eigenvalue weighted by Crippen LogP contribution is 2.34. The molecule has 12 heavy (non-hydrogen) atoms. The molecule has 4 nitrogen and oxygen atoms in total. The Morgan fingerprint density at radius 2 is 2.08 bits per heavy atom. The van der Waals surface area contributed by atoms with Crippen LogP contribution < -0.4 is 11.1 Å². The lowest BCUT2D eigenvalue weighted by Crippen LogP contribution is -2.46. The standard InChI is InChI=1S/C8H10N2O2/c1-2-3-6(11)10-8(4-5-8)7(9)12/h4-5H2,1H3,(H2,9,12)(H,10,11). The molecule has 64 valence electrons. The smallest absolute Gasteiger partial charge is 0.296 e. The normalized spacial score (nSPS) is 17.1. The van der Waals surface area contributed by atoms with Gasteiger partial charge in [-0.3, -0.25) is 9.59 Å². The predicted molar refractivity (Wildman–Crippen MR) is 42.8 cm³/mol. The maximum absolute atomic E-state index is 10.9. The molecule has 1 aliphatic carbocycles. The first-order valence-electron chi connectivity index (χ1n) is 3.65. The number of rotatable bonds is 2. The third-order valence-electron chi connectivity index (χ3n) is 1.81. The van der Waals surface area contributed by atoms with Crippen molar-refractivity contribution in [2.24, 2.45) is 5.73 Å². The third kappa shape index (κ3) is 1.56. The maximum atomic E-state index is 10.9. The minimum Gasteiger partial charge on any atom is -0.368 e. The molecule has 0 aromatic rings. The summed E-state index contributed by atoms with van der Waals surface area (Å²) in [5.74, 6) is 3.82. The molecule has 3 N–H and O–H groups in total. The van der Waals surface area contributed by atoms with E-state index in [0.29, 0.717) is 12.8 Å². The summed E-state index contributed by atoms with van der Waals surface area (Å²) in [4.78, 5) is 21.7. The van der Waals surface area contributed by atoms with Crippen molar-refractivity contribution >= 4 is 11.8 Å². The van der Waals surface area contributed by atoms with E-state index >= 15 is 0 Å². The lowest BCUT2D eigenvalue weighted by atomic mass is 10.2. The van der Waals surface area contributed by atoms with E-state index in [-0.39, 0.29) is 0 Å². The summed E-state index contributed by atoms with van der Waals surface area (Å²) < 4.78 is 0. The number of carbonyl (C=O) groups excluding carboxylic acids is 2. The highest BCUT2D eigenvalue weighted by Gasteiger charge is 2.49. The highest BCUT2D eigenvalue weighted by atomic mass is 16.2. The van der Waals surface area contributed by atoms with Gasteiger partial charge in [-0.15, -0.1) is 0 Å². The summed E-state index contributed by atoms with van der Waals surface area (Å²) >= 11 is 0. The van der Waals surface area contributed by atoms with E-state index in [1.54, 1.807) is 6.92 Å². The first kappa shape index (κ1) is 8.60. The Hall–Kier alpha value is -1.50. The fourth-order valence-corrected chi connectivity index (χ4v) is 0.920. The Labute approximate surface area is 70.5 Å². The van der Waals surface area contributed by atoms with Crippen molar-refractivity contribution in [3.63, 3.8) is 0 Å². The van der Waals surface area contributed by atoms with Gasteiger partial charge >= 0.3 is 0 Å². The van der Waals surface area contributed by atoms with Gasteiger partial charge in [0.25, 0.3) is 5.91 Å². The molecule has 1 rings (SSSR count). The SMILES string of the molecule is CC#CC(=O)NC1(C(N)=O)CC1. The monoisotopic (exact) mass is 166 g/mol. The Morgan fingerprint density at radius 1 is 1.50 bits per heavy atom. The quantitative estimate of drug-likeness (QED) is 0.524. The summed E-state index contributed by atoms with van der Waals surface area (Å²) in [5.41, 5.74) is 4.28. The van der Waals surface area contributed by atoms with Crippen LogP contribution in [0.15, 0.2) is 0 Å². The maximum Gasteiger partial charge on any atom is 0.296 e. The van der Waals surface area contributed by atoms with Gasteiger partial charge in [-0.05, 0) is 25.7 Å². The van der Waals surface area contributed by atoms with Gasteiger partial charge in [-0.1, -0.05) is 5.92 Å². The Bertz CT molecular complexity index is 281. The second-order valence-electron chi connectivity index (χ2n) is 2.78. The Kier molecular flexibility index (Phi) is 2.05. The molecule has 1 saturated carbocycles. The van der Waals surface area contributed by atoms with Crippen molar-refractivity contribution in [2.45, 2.75) is 25.3 Å². The molecule has 0 aromatic heterocycles. The molecule has 2 amide bonds. The van der Waals surface area contributed by atoms with Crippen LogP contribution in [-0.2, 0) is 9.59 Å². The number of carbonyl (C=O) groups is 2. The Balaban J connectivity index is 2.55. The fourth-order valence-electron chi connectivity index (χ4n) is 0.920. The molecule has 0 radical (unpaired) electrons. The van der Waals surface area contributed by atoms with Crippen molar-refractivity contribution < 1.29 is 9.59 Å². The summed E-state index contributed by atoms with van der Waals surface area (Å²) in [6, 6.07) is 0. The molecule has 0 aliphatic heterocycles. The Morgan fingerprint density at radius 3 is 2.42 bits per heavy atom. The van der Waals surface area contributed by atoms with Crippen LogP contribution in [0.1, 0.15) is 19.8 Å². The molecule has 0 spiro atoms. The van der Waals surface area contributed by atoms with Gasteiger partial charge in [0.2, 0.25) is 5.91 Å². The second-order valence-corrected chi connectivity index (χ2v) is 2.78. The summed E-state index contributed by atoms with van der Waals surface area (Å²) in [5, 5.41) is 2.48. The molecule has 1 fully saturated rings. The number of hydrogen-bond acceptors (Lipinski definition) is 2. The summed E-state index contributed by atoms with van der Waals surface area (Å²) in [6.07, 6.45) is 1.25. The number of nitrogens with one attached hydrogen (secondary N) is 1. The largest absolute Gasteiger partial charge is 0.368 e. The lowest BCUT2D eigenvalue weighted by molar-refractivity contribution is -0.125. The van der Waals surface area contributed by atoms with Crippen molar-refractivity contribution in [1.29, 1.82) is 0 Å². The summed E-state index contributed by atoms with van der Waals surface area (Å²) in [6.45, 7) is 1.56. The molecule has 1 aliphatic rings. The van der Waals surface area contributed by atoms with Crippen molar-refractivity contribution in [2.75, 3.05) is 0 Å². The van der Waals surface area contributed by atoms with E-state index in [1.165, 1.54) is 0 Å². The number of primary amides is 1. The van der Waals surface area contributed by atoms with Crippen molar-refractivity contribution in [3.05, 3.63) is 0 Å². The first-order valence-corrected chi connectivity index (χ1v) is 3.65. The van der Waals surface area contributed by atoms with Gasteiger partial charge in [0.05, 0.1) is 0 Å². The molecule has 0 bridgehead atoms. The molecule has 0 saturated heterocycles. The van der Waals surface area contributed by atoms with Crippen LogP contribution in [0.5, 0.6) is 0 Å². The van der Waals surface area contributed by atoms with Crippen LogP contribution in [0.3, 0.4) is 0 Å². The number of amides is 2. The van der Waals surface area contributed by atoms with Crippen LogP contribution in [0, 0.1) is 11.8 Å². The van der Waals surface area contributed by atoms with Crippen LogP contribution >= 0.6 is 0 Å². The average molecular weight is 166 g/mol. The zero-order valence-corrected chi connectivity index (χ0v) is 6.81. The highest BCUT2D eigenvalue weighted by molar-refractivity contribution is 5.99. The van der Waals surface area contributed by atoms with Crippen LogP contribution in [0.4, 0.5) is 0 Å². The zero-order chi connectivity index (χ0) is 9.19. The van der Waals surface area contributed by atoms with E-state index in [1.807, 2.05) is 0 Å². The van der Waals surface area contributed by atoms with Gasteiger partial charge in [0, 0.05) is 0 Å². The molecular formula is C8H10N2O2. The van der Waals surface area contributed by atoms with Crippen LogP contribution in [-0.4, -0.2) is 17.4 Å². The fraction of sp³-hybridized carbons (Fsp3) is 0.500. The lowest BCUT2D eigenvalue weighted by Gasteiger charge is -2.09. The van der Waals surface area contributed by atoms with E-state index in [2.05, 4.69) is 17.2 Å². The van der Waals surface area contributed by atoms with E-state index in [9.17, 15) is 9.59 Å². The zero-order valence-electron chi connectivity index (χ0n) is 6.81. The van der Waals surface area contributed by atoms with Gasteiger partial charge in [0.15, 0.2) is 0 Å². The van der Waals surface area contributed by atoms with Gasteiger partial charge in [-0.25, -0.2) is 0 Å². The number of hydrogen-bond donors (Lipinski definition) is 2. The van der Waals surface area contributed by atoms with Crippen LogP contribution in [0.2, 0.25) is 0 Å². The first-order chi connectivity index (χ1) is 5.60. The van der Waals surface area contributed by atoms with Gasteiger partial charge in [0.1, 0.15) is 5.54 Å². The molecule has 0 atom stereocenters. The second kappa shape index (κ2) is 2.86. The molecule has 0 heterocycles.